The Morgan fingerprint density at radius 3 is 3.00 bits per heavy atom. The first-order chi connectivity index (χ1) is 10.1. The van der Waals surface area contributed by atoms with E-state index in [-0.39, 0.29) is 6.04 Å². The second-order valence-corrected chi connectivity index (χ2v) is 6.63. The van der Waals surface area contributed by atoms with Crippen molar-refractivity contribution in [2.24, 2.45) is 0 Å². The Morgan fingerprint density at radius 2 is 2.33 bits per heavy atom. The highest BCUT2D eigenvalue weighted by molar-refractivity contribution is 7.11. The lowest BCUT2D eigenvalue weighted by Crippen LogP contribution is -2.22. The maximum absolute atomic E-state index is 6.00. The quantitative estimate of drug-likeness (QED) is 0.755. The van der Waals surface area contributed by atoms with E-state index in [0.29, 0.717) is 5.82 Å². The number of hydrogen-bond donors (Lipinski definition) is 2. The van der Waals surface area contributed by atoms with E-state index in [1.165, 1.54) is 11.5 Å². The number of nitrogens with zero attached hydrogens (tertiary/aromatic N) is 4. The average molecular weight is 320 g/mol. The van der Waals surface area contributed by atoms with E-state index in [9.17, 15) is 0 Å². The Hall–Kier alpha value is -1.93. The monoisotopic (exact) mass is 320 g/mol. The van der Waals surface area contributed by atoms with Gasteiger partial charge in [-0.3, -0.25) is 4.68 Å². The van der Waals surface area contributed by atoms with Gasteiger partial charge in [0, 0.05) is 23.8 Å². The first kappa shape index (κ1) is 14.0. The molecule has 0 spiro atoms. The van der Waals surface area contributed by atoms with Crippen LogP contribution in [0.25, 0.3) is 11.3 Å². The van der Waals surface area contributed by atoms with Crippen molar-refractivity contribution in [1.82, 2.24) is 19.1 Å². The lowest BCUT2D eigenvalue weighted by atomic mass is 10.2. The van der Waals surface area contributed by atoms with Crippen molar-refractivity contribution in [1.29, 1.82) is 0 Å². The minimum Gasteiger partial charge on any atom is -0.382 e. The molecule has 8 heteroatoms. The predicted octanol–water partition coefficient (Wildman–Crippen LogP) is 2.85. The smallest absolute Gasteiger partial charge is 0.148 e. The molecule has 0 amide bonds. The second kappa shape index (κ2) is 5.82. The van der Waals surface area contributed by atoms with Crippen LogP contribution in [0.5, 0.6) is 0 Å². The summed E-state index contributed by atoms with van der Waals surface area (Å²) in [6, 6.07) is 2.13. The van der Waals surface area contributed by atoms with Crippen LogP contribution in [0, 0.1) is 6.92 Å². The van der Waals surface area contributed by atoms with Crippen molar-refractivity contribution in [2.75, 3.05) is 11.1 Å². The van der Waals surface area contributed by atoms with E-state index in [1.54, 1.807) is 17.5 Å². The zero-order chi connectivity index (χ0) is 14.8. The summed E-state index contributed by atoms with van der Waals surface area (Å²) in [6.45, 7) is 4.87. The summed E-state index contributed by atoms with van der Waals surface area (Å²) in [5.41, 5.74) is 7.79. The Labute approximate surface area is 130 Å². The van der Waals surface area contributed by atoms with E-state index in [2.05, 4.69) is 26.7 Å². The zero-order valence-corrected chi connectivity index (χ0v) is 13.4. The molecular weight excluding hydrogens is 304 g/mol. The van der Waals surface area contributed by atoms with E-state index in [1.807, 2.05) is 29.2 Å². The van der Waals surface area contributed by atoms with E-state index in [0.717, 1.165) is 27.8 Å². The summed E-state index contributed by atoms with van der Waals surface area (Å²) >= 11 is 2.98. The largest absolute Gasteiger partial charge is 0.382 e. The molecule has 110 valence electrons. The van der Waals surface area contributed by atoms with Gasteiger partial charge in [-0.05, 0) is 31.4 Å². The molecule has 0 aliphatic carbocycles. The van der Waals surface area contributed by atoms with Gasteiger partial charge in [0.1, 0.15) is 10.8 Å². The molecule has 21 heavy (non-hydrogen) atoms. The number of aryl methyl sites for hydroxylation is 1. The molecule has 0 aliphatic heterocycles. The third kappa shape index (κ3) is 3.06. The SMILES string of the molecule is Cc1nc(-c2c(N)nsc2NC(C)Cn2cccn2)cs1. The molecule has 0 saturated carbocycles. The van der Waals surface area contributed by atoms with Gasteiger partial charge in [-0.15, -0.1) is 11.3 Å². The molecule has 1 atom stereocenters. The molecule has 3 aromatic rings. The summed E-state index contributed by atoms with van der Waals surface area (Å²) in [4.78, 5) is 4.51. The van der Waals surface area contributed by atoms with Crippen LogP contribution >= 0.6 is 22.9 Å². The maximum Gasteiger partial charge on any atom is 0.148 e. The highest BCUT2D eigenvalue weighted by Crippen LogP contribution is 2.37. The van der Waals surface area contributed by atoms with Crippen molar-refractivity contribution < 1.29 is 0 Å². The normalized spacial score (nSPS) is 12.5. The van der Waals surface area contributed by atoms with Gasteiger partial charge in [0.25, 0.3) is 0 Å². The van der Waals surface area contributed by atoms with Gasteiger partial charge >= 0.3 is 0 Å². The van der Waals surface area contributed by atoms with Crippen molar-refractivity contribution >= 4 is 33.7 Å². The Morgan fingerprint density at radius 1 is 1.48 bits per heavy atom. The number of nitrogen functional groups attached to an aromatic ring is 1. The zero-order valence-electron chi connectivity index (χ0n) is 11.8. The fourth-order valence-electron chi connectivity index (χ4n) is 2.09. The molecule has 3 heterocycles. The van der Waals surface area contributed by atoms with Crippen LogP contribution in [0.3, 0.4) is 0 Å². The lowest BCUT2D eigenvalue weighted by molar-refractivity contribution is 0.562. The number of thiazole rings is 1. The highest BCUT2D eigenvalue weighted by atomic mass is 32.1. The molecule has 1 unspecified atom stereocenters. The minimum atomic E-state index is 0.211. The molecular formula is C13H16N6S2. The molecule has 0 aromatic carbocycles. The summed E-state index contributed by atoms with van der Waals surface area (Å²) in [5, 5.41) is 11.7. The number of rotatable bonds is 5. The second-order valence-electron chi connectivity index (χ2n) is 4.80. The van der Waals surface area contributed by atoms with Gasteiger partial charge in [-0.2, -0.15) is 9.47 Å². The maximum atomic E-state index is 6.00. The van der Waals surface area contributed by atoms with Crippen LogP contribution in [0.1, 0.15) is 11.9 Å². The van der Waals surface area contributed by atoms with Crippen molar-refractivity contribution in [3.8, 4) is 11.3 Å². The average Bonchev–Trinajstić information content (AvgIpc) is 3.13. The molecule has 0 bridgehead atoms. The Balaban J connectivity index is 1.80. The summed E-state index contributed by atoms with van der Waals surface area (Å²) in [7, 11) is 0. The highest BCUT2D eigenvalue weighted by Gasteiger charge is 2.17. The number of nitrogens with two attached hydrogens (primary N) is 1. The minimum absolute atomic E-state index is 0.211. The molecule has 3 rings (SSSR count). The molecule has 6 nitrogen and oxygen atoms in total. The van der Waals surface area contributed by atoms with Gasteiger partial charge in [-0.1, -0.05) is 0 Å². The van der Waals surface area contributed by atoms with E-state index in [4.69, 9.17) is 5.73 Å². The van der Waals surface area contributed by atoms with Crippen LogP contribution in [0.2, 0.25) is 0 Å². The van der Waals surface area contributed by atoms with E-state index >= 15 is 0 Å². The van der Waals surface area contributed by atoms with Gasteiger partial charge in [0.15, 0.2) is 0 Å². The Kier molecular flexibility index (Phi) is 3.89. The van der Waals surface area contributed by atoms with Crippen LogP contribution in [-0.4, -0.2) is 25.2 Å². The van der Waals surface area contributed by atoms with Crippen LogP contribution in [0.15, 0.2) is 23.8 Å². The van der Waals surface area contributed by atoms with Gasteiger partial charge < -0.3 is 11.1 Å². The molecule has 3 N–H and O–H groups in total. The summed E-state index contributed by atoms with van der Waals surface area (Å²) < 4.78 is 6.15. The standard InChI is InChI=1S/C13H16N6S2/c1-8(6-19-5-3-4-15-19)16-13-11(12(14)18-21-13)10-7-20-9(2)17-10/h3-5,7-8,16H,6H2,1-2H3,(H2,14,18). The van der Waals surface area contributed by atoms with Crippen molar-refractivity contribution in [3.63, 3.8) is 0 Å². The third-order valence-electron chi connectivity index (χ3n) is 2.99. The summed E-state index contributed by atoms with van der Waals surface area (Å²) in [6.07, 6.45) is 3.73. The van der Waals surface area contributed by atoms with Crippen LogP contribution in [-0.2, 0) is 6.54 Å². The fraction of sp³-hybridized carbons (Fsp3) is 0.308. The fourth-order valence-corrected chi connectivity index (χ4v) is 3.52. The third-order valence-corrected chi connectivity index (χ3v) is 4.56. The first-order valence-electron chi connectivity index (χ1n) is 6.55. The Bertz CT molecular complexity index is 715. The molecule has 0 radical (unpaired) electrons. The molecule has 0 saturated heterocycles. The molecule has 0 fully saturated rings. The number of nitrogens with one attached hydrogen (secondary N) is 1. The molecule has 3 aromatic heterocycles. The molecule has 0 aliphatic rings. The number of aromatic nitrogens is 4. The van der Waals surface area contributed by atoms with Gasteiger partial charge in [0.2, 0.25) is 0 Å². The van der Waals surface area contributed by atoms with Gasteiger partial charge in [-0.25, -0.2) is 4.98 Å². The summed E-state index contributed by atoms with van der Waals surface area (Å²) in [5.74, 6) is 0.527. The van der Waals surface area contributed by atoms with Crippen LogP contribution in [0.4, 0.5) is 10.8 Å². The topological polar surface area (TPSA) is 81.6 Å². The van der Waals surface area contributed by atoms with E-state index < -0.39 is 0 Å². The lowest BCUT2D eigenvalue weighted by Gasteiger charge is -2.14. The number of hydrogen-bond acceptors (Lipinski definition) is 7. The number of anilines is 2. The van der Waals surface area contributed by atoms with Crippen LogP contribution < -0.4 is 11.1 Å². The van der Waals surface area contributed by atoms with Gasteiger partial charge in [0.05, 0.1) is 22.8 Å². The van der Waals surface area contributed by atoms with Crippen molar-refractivity contribution in [2.45, 2.75) is 26.4 Å². The predicted molar refractivity (Wildman–Crippen MR) is 87.7 cm³/mol. The van der Waals surface area contributed by atoms with Crippen molar-refractivity contribution in [3.05, 3.63) is 28.8 Å². The first-order valence-corrected chi connectivity index (χ1v) is 8.20.